The zero-order chi connectivity index (χ0) is 13.4. The number of nitrogens with zero attached hydrogens (tertiary/aromatic N) is 3. The van der Waals surface area contributed by atoms with E-state index in [0.717, 1.165) is 18.4 Å². The first-order valence-electron chi connectivity index (χ1n) is 6.02. The normalized spacial score (nSPS) is 14.1. The Morgan fingerprint density at radius 3 is 2.58 bits per heavy atom. The van der Waals surface area contributed by atoms with Crippen LogP contribution in [0.4, 0.5) is 0 Å². The lowest BCUT2D eigenvalue weighted by Gasteiger charge is -1.98. The molecule has 1 aliphatic carbocycles. The molecule has 19 heavy (non-hydrogen) atoms. The van der Waals surface area contributed by atoms with Crippen molar-refractivity contribution < 1.29 is 9.90 Å². The van der Waals surface area contributed by atoms with Crippen LogP contribution in [0.3, 0.4) is 0 Å². The van der Waals surface area contributed by atoms with Crippen molar-refractivity contribution in [2.24, 2.45) is 0 Å². The van der Waals surface area contributed by atoms with Gasteiger partial charge in [-0.25, -0.2) is 4.79 Å². The molecule has 0 spiro atoms. The van der Waals surface area contributed by atoms with Crippen molar-refractivity contribution in [3.8, 4) is 17.2 Å². The summed E-state index contributed by atoms with van der Waals surface area (Å²) >= 11 is 0. The number of benzene rings is 1. The van der Waals surface area contributed by atoms with E-state index in [1.165, 1.54) is 0 Å². The fraction of sp³-hybridized carbons (Fsp3) is 0.214. The lowest BCUT2D eigenvalue weighted by molar-refractivity contribution is 0.0690. The first kappa shape index (κ1) is 11.5. The minimum absolute atomic E-state index is 0.0663. The largest absolute Gasteiger partial charge is 0.476 e. The molecule has 1 heterocycles. The van der Waals surface area contributed by atoms with E-state index in [0.29, 0.717) is 17.2 Å². The molecular weight excluding hydrogens is 242 g/mol. The molecule has 94 valence electrons. The molecule has 1 fully saturated rings. The molecular formula is C14H11N3O2. The molecule has 0 amide bonds. The molecule has 0 radical (unpaired) electrons. The van der Waals surface area contributed by atoms with Gasteiger partial charge in [-0.3, -0.25) is 4.68 Å². The van der Waals surface area contributed by atoms with Crippen LogP contribution >= 0.6 is 0 Å². The Kier molecular flexibility index (Phi) is 2.57. The SMILES string of the molecule is N#Cc1ccc(-c2cn(C3CC3)nc2C(=O)O)cc1. The van der Waals surface area contributed by atoms with Gasteiger partial charge in [-0.15, -0.1) is 0 Å². The Balaban J connectivity index is 2.06. The van der Waals surface area contributed by atoms with Gasteiger partial charge in [0.2, 0.25) is 0 Å². The Labute approximate surface area is 109 Å². The third-order valence-corrected chi connectivity index (χ3v) is 3.18. The Hall–Kier alpha value is -2.61. The maximum absolute atomic E-state index is 11.2. The van der Waals surface area contributed by atoms with Gasteiger partial charge >= 0.3 is 5.97 Å². The van der Waals surface area contributed by atoms with E-state index in [2.05, 4.69) is 5.10 Å². The van der Waals surface area contributed by atoms with Crippen LogP contribution in [0.25, 0.3) is 11.1 Å². The molecule has 1 N–H and O–H groups in total. The van der Waals surface area contributed by atoms with Crippen LogP contribution in [-0.2, 0) is 0 Å². The fourth-order valence-corrected chi connectivity index (χ4v) is 2.01. The smallest absolute Gasteiger partial charge is 0.357 e. The number of rotatable bonds is 3. The topological polar surface area (TPSA) is 78.9 Å². The van der Waals surface area contributed by atoms with Gasteiger partial charge in [-0.1, -0.05) is 12.1 Å². The van der Waals surface area contributed by atoms with E-state index < -0.39 is 5.97 Å². The summed E-state index contributed by atoms with van der Waals surface area (Å²) in [4.78, 5) is 11.2. The van der Waals surface area contributed by atoms with E-state index in [4.69, 9.17) is 5.26 Å². The van der Waals surface area contributed by atoms with Gasteiger partial charge in [-0.05, 0) is 30.5 Å². The average molecular weight is 253 g/mol. The van der Waals surface area contributed by atoms with Crippen LogP contribution in [0.2, 0.25) is 0 Å². The molecule has 5 nitrogen and oxygen atoms in total. The highest BCUT2D eigenvalue weighted by Gasteiger charge is 2.27. The maximum atomic E-state index is 11.2. The van der Waals surface area contributed by atoms with E-state index >= 15 is 0 Å². The Morgan fingerprint density at radius 1 is 1.37 bits per heavy atom. The lowest BCUT2D eigenvalue weighted by atomic mass is 10.0. The standard InChI is InChI=1S/C14H11N3O2/c15-7-9-1-3-10(4-2-9)12-8-17(11-5-6-11)16-13(12)14(18)19/h1-4,8,11H,5-6H2,(H,18,19). The first-order chi connectivity index (χ1) is 9.19. The second kappa shape index (κ2) is 4.25. The number of aromatic carboxylic acids is 1. The van der Waals surface area contributed by atoms with E-state index in [9.17, 15) is 9.90 Å². The molecule has 2 aromatic rings. The van der Waals surface area contributed by atoms with Gasteiger partial charge in [0, 0.05) is 11.8 Å². The van der Waals surface area contributed by atoms with Crippen LogP contribution in [0.15, 0.2) is 30.5 Å². The second-order valence-corrected chi connectivity index (χ2v) is 4.60. The zero-order valence-corrected chi connectivity index (χ0v) is 10.1. The van der Waals surface area contributed by atoms with Crippen LogP contribution in [0.5, 0.6) is 0 Å². The molecule has 1 aromatic heterocycles. The summed E-state index contributed by atoms with van der Waals surface area (Å²) in [6, 6.07) is 9.23. The summed E-state index contributed by atoms with van der Waals surface area (Å²) in [5.74, 6) is -1.03. The average Bonchev–Trinajstić information content (AvgIpc) is 3.17. The van der Waals surface area contributed by atoms with E-state index in [-0.39, 0.29) is 5.69 Å². The maximum Gasteiger partial charge on any atom is 0.357 e. The van der Waals surface area contributed by atoms with Crippen LogP contribution in [0.1, 0.15) is 34.9 Å². The molecule has 0 unspecified atom stereocenters. The second-order valence-electron chi connectivity index (χ2n) is 4.60. The Bertz CT molecular complexity index is 676. The third-order valence-electron chi connectivity index (χ3n) is 3.18. The predicted octanol–water partition coefficient (Wildman–Crippen LogP) is 2.45. The number of nitriles is 1. The van der Waals surface area contributed by atoms with Crippen molar-refractivity contribution in [3.05, 3.63) is 41.7 Å². The number of hydrogen-bond donors (Lipinski definition) is 1. The summed E-state index contributed by atoms with van der Waals surface area (Å²) in [7, 11) is 0. The molecule has 1 aromatic carbocycles. The molecule has 0 aliphatic heterocycles. The van der Waals surface area contributed by atoms with Crippen molar-refractivity contribution in [2.75, 3.05) is 0 Å². The van der Waals surface area contributed by atoms with Gasteiger partial charge in [0.05, 0.1) is 17.7 Å². The quantitative estimate of drug-likeness (QED) is 0.911. The van der Waals surface area contributed by atoms with Gasteiger partial charge in [0.15, 0.2) is 5.69 Å². The highest BCUT2D eigenvalue weighted by molar-refractivity contribution is 5.93. The minimum Gasteiger partial charge on any atom is -0.476 e. The number of carbonyl (C=O) groups is 1. The summed E-state index contributed by atoms with van der Waals surface area (Å²) < 4.78 is 1.73. The molecule has 1 saturated carbocycles. The molecule has 5 heteroatoms. The number of aromatic nitrogens is 2. The van der Waals surface area contributed by atoms with Crippen LogP contribution < -0.4 is 0 Å². The summed E-state index contributed by atoms with van der Waals surface area (Å²) in [5.41, 5.74) is 1.99. The van der Waals surface area contributed by atoms with Crippen molar-refractivity contribution in [1.29, 1.82) is 5.26 Å². The highest BCUT2D eigenvalue weighted by atomic mass is 16.4. The van der Waals surface area contributed by atoms with Crippen molar-refractivity contribution >= 4 is 5.97 Å². The van der Waals surface area contributed by atoms with E-state index in [1.807, 2.05) is 6.07 Å². The van der Waals surface area contributed by atoms with Crippen molar-refractivity contribution in [3.63, 3.8) is 0 Å². The fourth-order valence-electron chi connectivity index (χ4n) is 2.01. The summed E-state index contributed by atoms with van der Waals surface area (Å²) in [5, 5.41) is 22.1. The summed E-state index contributed by atoms with van der Waals surface area (Å²) in [6.45, 7) is 0. The van der Waals surface area contributed by atoms with Crippen molar-refractivity contribution in [1.82, 2.24) is 9.78 Å². The predicted molar refractivity (Wildman–Crippen MR) is 67.6 cm³/mol. The first-order valence-corrected chi connectivity index (χ1v) is 6.02. The van der Waals surface area contributed by atoms with Crippen LogP contribution in [-0.4, -0.2) is 20.9 Å². The molecule has 0 bridgehead atoms. The Morgan fingerprint density at radius 2 is 2.05 bits per heavy atom. The lowest BCUT2D eigenvalue weighted by Crippen LogP contribution is -2.01. The zero-order valence-electron chi connectivity index (χ0n) is 10.1. The number of carboxylic acid groups (broad SMARTS) is 1. The highest BCUT2D eigenvalue weighted by Crippen LogP contribution is 2.36. The molecule has 0 atom stereocenters. The molecule has 0 saturated heterocycles. The minimum atomic E-state index is -1.03. The van der Waals surface area contributed by atoms with Gasteiger partial charge in [0.25, 0.3) is 0 Å². The number of carboxylic acids is 1. The third kappa shape index (κ3) is 2.08. The van der Waals surface area contributed by atoms with Crippen molar-refractivity contribution in [2.45, 2.75) is 18.9 Å². The van der Waals surface area contributed by atoms with E-state index in [1.54, 1.807) is 35.1 Å². The summed E-state index contributed by atoms with van der Waals surface area (Å²) in [6.07, 6.45) is 3.88. The molecule has 1 aliphatic rings. The van der Waals surface area contributed by atoms with Gasteiger partial charge in [0.1, 0.15) is 0 Å². The monoisotopic (exact) mass is 253 g/mol. The van der Waals surface area contributed by atoms with Gasteiger partial charge in [-0.2, -0.15) is 10.4 Å². The molecule has 3 rings (SSSR count). The van der Waals surface area contributed by atoms with Gasteiger partial charge < -0.3 is 5.11 Å². The number of hydrogen-bond acceptors (Lipinski definition) is 3. The van der Waals surface area contributed by atoms with Crippen LogP contribution in [0, 0.1) is 11.3 Å².